The number of nitrogens with one attached hydrogen (secondary N) is 1. The highest BCUT2D eigenvalue weighted by molar-refractivity contribution is 6.19. The minimum atomic E-state index is -0.665. The number of rotatable bonds is 7. The number of carbonyl (C=O) groups excluding carboxylic acids is 2. The van der Waals surface area contributed by atoms with E-state index in [4.69, 9.17) is 4.74 Å². The topological polar surface area (TPSA) is 129 Å². The molecule has 9 heteroatoms. The third-order valence-corrected chi connectivity index (χ3v) is 4.44. The first-order chi connectivity index (χ1) is 14.1. The van der Waals surface area contributed by atoms with Gasteiger partial charge in [-0.1, -0.05) is 6.07 Å². The van der Waals surface area contributed by atoms with E-state index >= 15 is 0 Å². The molecule has 1 aromatic heterocycles. The molecule has 0 bridgehead atoms. The van der Waals surface area contributed by atoms with Crippen LogP contribution in [-0.2, 0) is 4.74 Å². The number of ether oxygens (including phenoxy) is 1. The van der Waals surface area contributed by atoms with Crippen LogP contribution in [0.1, 0.15) is 44.6 Å². The predicted octanol–water partition coefficient (Wildman–Crippen LogP) is 3.57. The van der Waals surface area contributed by atoms with Crippen molar-refractivity contribution in [2.24, 2.45) is 0 Å². The highest BCUT2D eigenvalue weighted by Gasteiger charge is 2.27. The van der Waals surface area contributed by atoms with Gasteiger partial charge in [-0.25, -0.2) is 4.79 Å². The molecule has 1 N–H and O–H groups in total. The Morgan fingerprint density at radius 1 is 1.27 bits per heavy atom. The number of nitriles is 1. The number of aromatic nitrogens is 1. The van der Waals surface area contributed by atoms with Crippen molar-refractivity contribution in [3.05, 3.63) is 62.0 Å². The summed E-state index contributed by atoms with van der Waals surface area (Å²) in [7, 11) is 3.35. The molecule has 0 unspecified atom stereocenters. The number of ketones is 1. The zero-order valence-corrected chi connectivity index (χ0v) is 17.4. The molecular formula is C21H22N4O5. The van der Waals surface area contributed by atoms with Crippen LogP contribution >= 0.6 is 0 Å². The minimum Gasteiger partial charge on any atom is -0.462 e. The van der Waals surface area contributed by atoms with Gasteiger partial charge in [-0.3, -0.25) is 14.9 Å². The summed E-state index contributed by atoms with van der Waals surface area (Å²) >= 11 is 0. The summed E-state index contributed by atoms with van der Waals surface area (Å²) in [5, 5.41) is 21.0. The maximum absolute atomic E-state index is 13.1. The maximum atomic E-state index is 13.1. The zero-order chi connectivity index (χ0) is 22.6. The summed E-state index contributed by atoms with van der Waals surface area (Å²) in [6, 6.07) is 6.25. The second-order valence-electron chi connectivity index (χ2n) is 6.74. The molecule has 0 amide bonds. The first kappa shape index (κ1) is 22.4. The van der Waals surface area contributed by atoms with Gasteiger partial charge in [-0.05, 0) is 38.5 Å². The van der Waals surface area contributed by atoms with Crippen LogP contribution in [0, 0.1) is 35.3 Å². The summed E-state index contributed by atoms with van der Waals surface area (Å²) in [5.41, 5.74) is 1.32. The van der Waals surface area contributed by atoms with Crippen LogP contribution in [0.25, 0.3) is 6.08 Å². The number of allylic oxidation sites excluding steroid dienone is 1. The number of carbonyl (C=O) groups is 2. The van der Waals surface area contributed by atoms with E-state index in [0.717, 1.165) is 0 Å². The summed E-state index contributed by atoms with van der Waals surface area (Å²) in [5.74, 6) is -1.33. The van der Waals surface area contributed by atoms with Crippen molar-refractivity contribution < 1.29 is 19.2 Å². The second-order valence-corrected chi connectivity index (χ2v) is 6.74. The number of anilines is 1. The Morgan fingerprint density at radius 2 is 1.90 bits per heavy atom. The Bertz CT molecular complexity index is 1090. The Balaban J connectivity index is 2.57. The zero-order valence-electron chi connectivity index (χ0n) is 17.4. The lowest BCUT2D eigenvalue weighted by Crippen LogP contribution is -2.13. The molecule has 0 saturated heterocycles. The lowest BCUT2D eigenvalue weighted by molar-refractivity contribution is -0.384. The van der Waals surface area contributed by atoms with Crippen LogP contribution in [0.5, 0.6) is 0 Å². The van der Waals surface area contributed by atoms with E-state index in [-0.39, 0.29) is 29.0 Å². The van der Waals surface area contributed by atoms with Crippen molar-refractivity contribution in [1.29, 1.82) is 5.26 Å². The van der Waals surface area contributed by atoms with E-state index < -0.39 is 16.7 Å². The summed E-state index contributed by atoms with van der Waals surface area (Å²) in [4.78, 5) is 40.8. The Kier molecular flexibility index (Phi) is 6.74. The lowest BCUT2D eigenvalue weighted by Gasteiger charge is -2.12. The van der Waals surface area contributed by atoms with Gasteiger partial charge in [0.15, 0.2) is 0 Å². The van der Waals surface area contributed by atoms with E-state index in [1.165, 1.54) is 12.1 Å². The molecule has 1 aromatic carbocycles. The second kappa shape index (κ2) is 9.05. The number of hydrogen-bond donors (Lipinski definition) is 1. The molecule has 0 saturated carbocycles. The maximum Gasteiger partial charge on any atom is 0.340 e. The number of aryl methyl sites for hydroxylation is 2. The van der Waals surface area contributed by atoms with Gasteiger partial charge in [0.25, 0.3) is 5.69 Å². The van der Waals surface area contributed by atoms with E-state index in [1.54, 1.807) is 51.9 Å². The molecular weight excluding hydrogens is 388 g/mol. The van der Waals surface area contributed by atoms with Gasteiger partial charge in [0.2, 0.25) is 5.78 Å². The molecule has 30 heavy (non-hydrogen) atoms. The van der Waals surface area contributed by atoms with E-state index in [2.05, 4.69) is 4.98 Å². The number of aromatic amines is 1. The van der Waals surface area contributed by atoms with Crippen LogP contribution in [0.4, 0.5) is 11.4 Å². The Labute approximate surface area is 173 Å². The number of benzene rings is 1. The van der Waals surface area contributed by atoms with Crippen molar-refractivity contribution in [3.8, 4) is 6.07 Å². The van der Waals surface area contributed by atoms with E-state index in [0.29, 0.717) is 22.6 Å². The summed E-state index contributed by atoms with van der Waals surface area (Å²) in [6.45, 7) is 5.04. The highest BCUT2D eigenvalue weighted by Crippen LogP contribution is 2.29. The number of nitrogens with zero attached hydrogens (tertiary/aromatic N) is 3. The van der Waals surface area contributed by atoms with Gasteiger partial charge in [0.05, 0.1) is 22.7 Å². The standard InChI is InChI=1S/C21H22N4O5/c1-6-30-21(27)19-13(3)23-12(2)18(19)20(26)15(11-22)9-14-7-8-16(24(4)5)17(10-14)25(28)29/h7-10,23H,6H2,1-5H3/b15-9+. The van der Waals surface area contributed by atoms with Gasteiger partial charge >= 0.3 is 5.97 Å². The van der Waals surface area contributed by atoms with Gasteiger partial charge in [-0.2, -0.15) is 5.26 Å². The van der Waals surface area contributed by atoms with Crippen LogP contribution in [0.15, 0.2) is 23.8 Å². The molecule has 156 valence electrons. The number of hydrogen-bond acceptors (Lipinski definition) is 7. The fraction of sp³-hybridized carbons (Fsp3) is 0.286. The van der Waals surface area contributed by atoms with Gasteiger partial charge in [0.1, 0.15) is 17.3 Å². The van der Waals surface area contributed by atoms with Crippen molar-refractivity contribution in [2.45, 2.75) is 20.8 Å². The molecule has 0 aliphatic carbocycles. The van der Waals surface area contributed by atoms with Crippen molar-refractivity contribution in [3.63, 3.8) is 0 Å². The Morgan fingerprint density at radius 3 is 2.43 bits per heavy atom. The lowest BCUT2D eigenvalue weighted by atomic mass is 9.97. The number of Topliss-reactive ketones (excluding diaryl/α,β-unsaturated/α-hetero) is 1. The van der Waals surface area contributed by atoms with Crippen LogP contribution in [0.2, 0.25) is 0 Å². The fourth-order valence-electron chi connectivity index (χ4n) is 3.13. The Hall–Kier alpha value is -3.93. The van der Waals surface area contributed by atoms with E-state index in [9.17, 15) is 25.0 Å². The van der Waals surface area contributed by atoms with Gasteiger partial charge < -0.3 is 14.6 Å². The van der Waals surface area contributed by atoms with Gasteiger partial charge in [-0.15, -0.1) is 0 Å². The molecule has 1 heterocycles. The van der Waals surface area contributed by atoms with E-state index in [1.807, 2.05) is 6.07 Å². The van der Waals surface area contributed by atoms with Crippen LogP contribution < -0.4 is 4.90 Å². The summed E-state index contributed by atoms with van der Waals surface area (Å²) in [6.07, 6.45) is 1.27. The highest BCUT2D eigenvalue weighted by atomic mass is 16.6. The molecule has 0 radical (unpaired) electrons. The molecule has 0 aliphatic heterocycles. The van der Waals surface area contributed by atoms with Crippen LogP contribution in [-0.4, -0.2) is 42.4 Å². The smallest absolute Gasteiger partial charge is 0.340 e. The molecule has 0 spiro atoms. The van der Waals surface area contributed by atoms with Gasteiger partial charge in [0, 0.05) is 31.5 Å². The largest absolute Gasteiger partial charge is 0.462 e. The fourth-order valence-corrected chi connectivity index (χ4v) is 3.13. The number of nitro benzene ring substituents is 1. The van der Waals surface area contributed by atoms with Crippen molar-refractivity contribution in [1.82, 2.24) is 4.98 Å². The van der Waals surface area contributed by atoms with Crippen molar-refractivity contribution >= 4 is 29.2 Å². The normalized spacial score (nSPS) is 11.0. The SMILES string of the molecule is CCOC(=O)c1c(C)[nH]c(C)c1C(=O)/C(C#N)=C/c1ccc(N(C)C)c([N+](=O)[O-])c1. The predicted molar refractivity (Wildman–Crippen MR) is 112 cm³/mol. The molecule has 9 nitrogen and oxygen atoms in total. The average Bonchev–Trinajstić information content (AvgIpc) is 2.99. The number of nitro groups is 1. The minimum absolute atomic E-state index is 0.0539. The molecule has 0 aliphatic rings. The molecule has 2 rings (SSSR count). The first-order valence-electron chi connectivity index (χ1n) is 9.10. The monoisotopic (exact) mass is 410 g/mol. The average molecular weight is 410 g/mol. The summed E-state index contributed by atoms with van der Waals surface area (Å²) < 4.78 is 5.03. The van der Waals surface area contributed by atoms with Crippen molar-refractivity contribution in [2.75, 3.05) is 25.6 Å². The molecule has 0 fully saturated rings. The first-order valence-corrected chi connectivity index (χ1v) is 9.10. The van der Waals surface area contributed by atoms with Crippen LogP contribution in [0.3, 0.4) is 0 Å². The third-order valence-electron chi connectivity index (χ3n) is 4.44. The number of H-pyrrole nitrogens is 1. The number of esters is 1. The molecule has 2 aromatic rings. The molecule has 0 atom stereocenters. The third kappa shape index (κ3) is 4.38. The quantitative estimate of drug-likeness (QED) is 0.184.